The summed E-state index contributed by atoms with van der Waals surface area (Å²) in [5.41, 5.74) is 7.39. The summed E-state index contributed by atoms with van der Waals surface area (Å²) in [4.78, 5) is 0. The van der Waals surface area contributed by atoms with Crippen LogP contribution in [0.4, 0.5) is 0 Å². The average Bonchev–Trinajstić information content (AvgIpc) is 2.21. The van der Waals surface area contributed by atoms with Crippen LogP contribution in [-0.2, 0) is 0 Å². The molecule has 1 heteroatoms. The lowest BCUT2D eigenvalue weighted by Gasteiger charge is -2.54. The van der Waals surface area contributed by atoms with Gasteiger partial charge in [0.05, 0.1) is 0 Å². The molecule has 0 radical (unpaired) electrons. The highest BCUT2D eigenvalue weighted by atomic mass is 14.6. The maximum Gasteiger partial charge on any atom is 0.0222 e. The molecule has 2 N–H and O–H groups in total. The number of hydrogen-bond donors (Lipinski definition) is 1. The summed E-state index contributed by atoms with van der Waals surface area (Å²) in [6.07, 6.45) is 10.1. The molecule has 16 heavy (non-hydrogen) atoms. The Kier molecular flexibility index (Phi) is 2.62. The smallest absolute Gasteiger partial charge is 0.0222 e. The molecule has 4 saturated carbocycles. The Morgan fingerprint density at radius 1 is 1.06 bits per heavy atom. The van der Waals surface area contributed by atoms with E-state index in [1.165, 1.54) is 31.3 Å². The van der Waals surface area contributed by atoms with Gasteiger partial charge in [0.25, 0.3) is 0 Å². The van der Waals surface area contributed by atoms with Gasteiger partial charge in [0.2, 0.25) is 0 Å². The molecule has 4 bridgehead atoms. The van der Waals surface area contributed by atoms with Gasteiger partial charge in [-0.15, -0.1) is 0 Å². The summed E-state index contributed by atoms with van der Waals surface area (Å²) in [6.45, 7) is 4.33. The first-order valence-corrected chi connectivity index (χ1v) is 7.07. The maximum absolute atomic E-state index is 5.97. The topological polar surface area (TPSA) is 26.0 Å². The Bertz CT molecular complexity index is 275. The van der Waals surface area contributed by atoms with Gasteiger partial charge in [-0.2, -0.15) is 0 Å². The summed E-state index contributed by atoms with van der Waals surface area (Å²) in [5.74, 6) is 5.05. The molecule has 1 nitrogen and oxygen atoms in total. The fourth-order valence-corrected chi connectivity index (χ4v) is 4.69. The summed E-state index contributed by atoms with van der Waals surface area (Å²) >= 11 is 0. The molecule has 4 rings (SSSR count). The summed E-state index contributed by atoms with van der Waals surface area (Å²) < 4.78 is 0. The molecule has 0 saturated heterocycles. The van der Waals surface area contributed by atoms with Crippen molar-refractivity contribution in [2.24, 2.45) is 35.3 Å². The van der Waals surface area contributed by atoms with Crippen LogP contribution in [0.5, 0.6) is 0 Å². The van der Waals surface area contributed by atoms with E-state index in [4.69, 9.17) is 5.73 Å². The monoisotopic (exact) mass is 219 g/mol. The lowest BCUT2D eigenvalue weighted by molar-refractivity contribution is -0.0165. The lowest BCUT2D eigenvalue weighted by atomic mass is 9.51. The molecule has 1 atom stereocenters. The van der Waals surface area contributed by atoms with Crippen molar-refractivity contribution in [3.05, 3.63) is 11.6 Å². The van der Waals surface area contributed by atoms with E-state index in [2.05, 4.69) is 19.9 Å². The quantitative estimate of drug-likeness (QED) is 0.708. The highest BCUT2D eigenvalue weighted by Gasteiger charge is 2.47. The second kappa shape index (κ2) is 3.87. The van der Waals surface area contributed by atoms with E-state index in [1.807, 2.05) is 0 Å². The van der Waals surface area contributed by atoms with Gasteiger partial charge in [-0.05, 0) is 75.5 Å². The van der Waals surface area contributed by atoms with Gasteiger partial charge < -0.3 is 5.73 Å². The normalized spacial score (nSPS) is 48.4. The molecule has 0 spiro atoms. The largest absolute Gasteiger partial charge is 0.324 e. The number of hydrogen-bond acceptors (Lipinski definition) is 1. The van der Waals surface area contributed by atoms with E-state index < -0.39 is 0 Å². The fraction of sp³-hybridized carbons (Fsp3) is 0.867. The highest BCUT2D eigenvalue weighted by molar-refractivity contribution is 5.13. The highest BCUT2D eigenvalue weighted by Crippen LogP contribution is 2.57. The Morgan fingerprint density at radius 3 is 2.00 bits per heavy atom. The second-order valence-electron chi connectivity index (χ2n) is 6.71. The van der Waals surface area contributed by atoms with Gasteiger partial charge in [-0.1, -0.05) is 11.6 Å². The van der Waals surface area contributed by atoms with Crippen molar-refractivity contribution in [3.63, 3.8) is 0 Å². The average molecular weight is 219 g/mol. The van der Waals surface area contributed by atoms with Crippen molar-refractivity contribution in [1.29, 1.82) is 0 Å². The van der Waals surface area contributed by atoms with Crippen molar-refractivity contribution >= 4 is 0 Å². The number of nitrogens with two attached hydrogens (primary N) is 1. The van der Waals surface area contributed by atoms with Crippen LogP contribution in [-0.4, -0.2) is 6.04 Å². The zero-order chi connectivity index (χ0) is 11.3. The minimum Gasteiger partial charge on any atom is -0.324 e. The molecule has 1 unspecified atom stereocenters. The predicted octanol–water partition coefficient (Wildman–Crippen LogP) is 3.35. The van der Waals surface area contributed by atoms with Crippen LogP contribution in [0.3, 0.4) is 0 Å². The Balaban J connectivity index is 1.79. The van der Waals surface area contributed by atoms with Gasteiger partial charge in [0.1, 0.15) is 0 Å². The van der Waals surface area contributed by atoms with Gasteiger partial charge in [-0.25, -0.2) is 0 Å². The van der Waals surface area contributed by atoms with Crippen LogP contribution in [0.25, 0.3) is 0 Å². The van der Waals surface area contributed by atoms with E-state index in [0.29, 0.717) is 0 Å². The first-order chi connectivity index (χ1) is 7.63. The van der Waals surface area contributed by atoms with Crippen LogP contribution in [0.1, 0.15) is 46.0 Å². The third-order valence-electron chi connectivity index (χ3n) is 5.47. The molecule has 0 aromatic heterocycles. The number of allylic oxidation sites excluding steroid dienone is 1. The molecule has 0 amide bonds. The molecule has 4 aliphatic carbocycles. The van der Waals surface area contributed by atoms with Crippen LogP contribution in [0.15, 0.2) is 11.6 Å². The van der Waals surface area contributed by atoms with Crippen LogP contribution in [0.2, 0.25) is 0 Å². The van der Waals surface area contributed by atoms with E-state index in [-0.39, 0.29) is 6.04 Å². The van der Waals surface area contributed by atoms with Crippen molar-refractivity contribution < 1.29 is 0 Å². The second-order valence-corrected chi connectivity index (χ2v) is 6.71. The van der Waals surface area contributed by atoms with E-state index in [9.17, 15) is 0 Å². The zero-order valence-electron chi connectivity index (χ0n) is 10.7. The standard InChI is InChI=1S/C15H25N/c1-9(10(2)16)3-15-13-5-11-4-12(7-13)8-14(15)6-11/h3,10-15H,4-8,16H2,1-2H3/b9-3+. The van der Waals surface area contributed by atoms with E-state index in [0.717, 1.165) is 29.6 Å². The summed E-state index contributed by atoms with van der Waals surface area (Å²) in [6, 6.07) is 0.247. The lowest BCUT2D eigenvalue weighted by Crippen LogP contribution is -2.44. The minimum atomic E-state index is 0.247. The third-order valence-corrected chi connectivity index (χ3v) is 5.47. The van der Waals surface area contributed by atoms with Crippen LogP contribution >= 0.6 is 0 Å². The molecule has 4 aliphatic rings. The molecule has 4 fully saturated rings. The minimum absolute atomic E-state index is 0.247. The van der Waals surface area contributed by atoms with Crippen molar-refractivity contribution in [1.82, 2.24) is 0 Å². The van der Waals surface area contributed by atoms with Crippen molar-refractivity contribution in [3.8, 4) is 0 Å². The van der Waals surface area contributed by atoms with E-state index in [1.54, 1.807) is 6.42 Å². The maximum atomic E-state index is 5.97. The Morgan fingerprint density at radius 2 is 1.56 bits per heavy atom. The van der Waals surface area contributed by atoms with Crippen LogP contribution < -0.4 is 5.73 Å². The molecule has 0 aliphatic heterocycles. The SMILES string of the molecule is C/C(=C\C1C2CC3CC(C2)CC1C3)C(C)N. The molecular formula is C15H25N. The molecular weight excluding hydrogens is 194 g/mol. The number of rotatable bonds is 2. The molecule has 0 heterocycles. The molecule has 0 aromatic rings. The van der Waals surface area contributed by atoms with E-state index >= 15 is 0 Å². The zero-order valence-corrected chi connectivity index (χ0v) is 10.7. The molecule has 90 valence electrons. The first kappa shape index (κ1) is 10.8. The summed E-state index contributed by atoms with van der Waals surface area (Å²) in [7, 11) is 0. The van der Waals surface area contributed by atoms with Gasteiger partial charge in [0, 0.05) is 6.04 Å². The predicted molar refractivity (Wildman–Crippen MR) is 67.9 cm³/mol. The van der Waals surface area contributed by atoms with Crippen LogP contribution in [0, 0.1) is 29.6 Å². The van der Waals surface area contributed by atoms with Gasteiger partial charge in [-0.3, -0.25) is 0 Å². The van der Waals surface area contributed by atoms with Crippen molar-refractivity contribution in [2.75, 3.05) is 0 Å². The van der Waals surface area contributed by atoms with Gasteiger partial charge >= 0.3 is 0 Å². The Hall–Kier alpha value is -0.300. The first-order valence-electron chi connectivity index (χ1n) is 7.07. The summed E-state index contributed by atoms with van der Waals surface area (Å²) in [5, 5.41) is 0. The molecule has 0 aromatic carbocycles. The van der Waals surface area contributed by atoms with Crippen molar-refractivity contribution in [2.45, 2.75) is 52.0 Å². The van der Waals surface area contributed by atoms with Gasteiger partial charge in [0.15, 0.2) is 0 Å². The fourth-order valence-electron chi connectivity index (χ4n) is 4.69. The third kappa shape index (κ3) is 1.73. The Labute approximate surface area is 99.5 Å².